The lowest BCUT2D eigenvalue weighted by molar-refractivity contribution is -0.138. The number of H-pyrrole nitrogens is 1. The lowest BCUT2D eigenvalue weighted by Gasteiger charge is -2.24. The minimum Gasteiger partial charge on any atom is -0.480 e. The Morgan fingerprint density at radius 1 is 1.20 bits per heavy atom. The van der Waals surface area contributed by atoms with E-state index in [-0.39, 0.29) is 12.8 Å². The van der Waals surface area contributed by atoms with E-state index in [1.54, 1.807) is 0 Å². The van der Waals surface area contributed by atoms with Gasteiger partial charge in [0.2, 0.25) is 17.7 Å². The molecule has 30 heavy (non-hydrogen) atoms. The van der Waals surface area contributed by atoms with E-state index in [9.17, 15) is 24.3 Å². The van der Waals surface area contributed by atoms with Crippen LogP contribution in [-0.4, -0.2) is 86.7 Å². The number of hydrogen-bond donors (Lipinski definition) is 7. The summed E-state index contributed by atoms with van der Waals surface area (Å²) in [5.41, 5.74) is 6.18. The molecule has 0 aliphatic rings. The summed E-state index contributed by atoms with van der Waals surface area (Å²) in [5.74, 6) is -2.72. The van der Waals surface area contributed by atoms with E-state index in [2.05, 4.69) is 25.9 Å². The lowest BCUT2D eigenvalue weighted by Crippen LogP contribution is -2.58. The number of aliphatic carboxylic acids is 1. The van der Waals surface area contributed by atoms with Gasteiger partial charge in [-0.25, -0.2) is 4.98 Å². The molecule has 0 saturated heterocycles. The van der Waals surface area contributed by atoms with Gasteiger partial charge in [-0.3, -0.25) is 19.2 Å². The predicted octanol–water partition coefficient (Wildman–Crippen LogP) is -2.42. The van der Waals surface area contributed by atoms with Gasteiger partial charge in [-0.1, -0.05) is 0 Å². The number of nitrogens with zero attached hydrogens (tertiary/aromatic N) is 1. The maximum absolute atomic E-state index is 12.8. The number of thioether (sulfide) groups is 1. The summed E-state index contributed by atoms with van der Waals surface area (Å²) in [6, 6.07) is -3.34. The highest BCUT2D eigenvalue weighted by molar-refractivity contribution is 7.98. The molecule has 1 rings (SSSR count). The van der Waals surface area contributed by atoms with Crippen LogP contribution in [0.1, 0.15) is 19.0 Å². The molecule has 13 heteroatoms. The molecule has 1 aromatic heterocycles. The Hall–Kier alpha value is -2.64. The molecule has 0 aliphatic carbocycles. The molecule has 0 radical (unpaired) electrons. The number of aliphatic hydroxyl groups is 1. The molecule has 0 spiro atoms. The summed E-state index contributed by atoms with van der Waals surface area (Å²) >= 11 is 1.45. The summed E-state index contributed by atoms with van der Waals surface area (Å²) < 4.78 is 0. The largest absolute Gasteiger partial charge is 0.480 e. The van der Waals surface area contributed by atoms with E-state index >= 15 is 0 Å². The van der Waals surface area contributed by atoms with Crippen LogP contribution < -0.4 is 21.7 Å². The number of rotatable bonds is 13. The zero-order valence-corrected chi connectivity index (χ0v) is 17.6. The SMILES string of the molecule is CSCCC(NC(=O)C(Cc1cnc[nH]1)NC(=O)C(N)C(C)O)C(=O)NCC(=O)O. The number of carbonyl (C=O) groups excluding carboxylic acids is 3. The molecular weight excluding hydrogens is 416 g/mol. The highest BCUT2D eigenvalue weighted by Crippen LogP contribution is 2.05. The normalized spacial score (nSPS) is 14.8. The maximum atomic E-state index is 12.8. The van der Waals surface area contributed by atoms with Crippen molar-refractivity contribution in [3.8, 4) is 0 Å². The van der Waals surface area contributed by atoms with Crippen molar-refractivity contribution >= 4 is 35.5 Å². The number of hydrogen-bond acceptors (Lipinski definition) is 8. The van der Waals surface area contributed by atoms with E-state index in [1.807, 2.05) is 6.26 Å². The van der Waals surface area contributed by atoms with E-state index in [4.69, 9.17) is 10.8 Å². The number of carboxylic acids is 1. The van der Waals surface area contributed by atoms with Gasteiger partial charge in [0.25, 0.3) is 0 Å². The highest BCUT2D eigenvalue weighted by atomic mass is 32.2. The molecule has 12 nitrogen and oxygen atoms in total. The quantitative estimate of drug-likeness (QED) is 0.173. The molecule has 0 aromatic carbocycles. The van der Waals surface area contributed by atoms with Crippen LogP contribution in [0.2, 0.25) is 0 Å². The van der Waals surface area contributed by atoms with Crippen LogP contribution in [0.4, 0.5) is 0 Å². The van der Waals surface area contributed by atoms with Gasteiger partial charge in [0.1, 0.15) is 24.7 Å². The van der Waals surface area contributed by atoms with Crippen molar-refractivity contribution in [1.82, 2.24) is 25.9 Å². The van der Waals surface area contributed by atoms with Gasteiger partial charge in [-0.2, -0.15) is 11.8 Å². The van der Waals surface area contributed by atoms with Crippen molar-refractivity contribution in [1.29, 1.82) is 0 Å². The summed E-state index contributed by atoms with van der Waals surface area (Å²) in [7, 11) is 0. The van der Waals surface area contributed by atoms with Crippen molar-refractivity contribution in [2.45, 2.75) is 44.0 Å². The fraction of sp³-hybridized carbons (Fsp3) is 0.588. The molecule has 0 bridgehead atoms. The molecular formula is C17H28N6O6S. The van der Waals surface area contributed by atoms with Crippen molar-refractivity contribution in [2.75, 3.05) is 18.6 Å². The number of nitrogens with one attached hydrogen (secondary N) is 4. The van der Waals surface area contributed by atoms with Gasteiger partial charge < -0.3 is 36.9 Å². The van der Waals surface area contributed by atoms with Crippen LogP contribution in [0.5, 0.6) is 0 Å². The Morgan fingerprint density at radius 2 is 1.87 bits per heavy atom. The van der Waals surface area contributed by atoms with Crippen molar-refractivity contribution in [3.05, 3.63) is 18.2 Å². The topological polar surface area (TPSA) is 200 Å². The second-order valence-corrected chi connectivity index (χ2v) is 7.55. The molecule has 1 aromatic rings. The first-order valence-corrected chi connectivity index (χ1v) is 10.5. The first-order chi connectivity index (χ1) is 14.1. The summed E-state index contributed by atoms with van der Waals surface area (Å²) in [6.07, 6.45) is 3.89. The van der Waals surface area contributed by atoms with Gasteiger partial charge in [0, 0.05) is 18.3 Å². The predicted molar refractivity (Wildman–Crippen MR) is 109 cm³/mol. The fourth-order valence-electron chi connectivity index (χ4n) is 2.38. The standard InChI is InChI=1S/C17H28N6O6S/c1-9(24)14(18)17(29)23-12(5-10-6-19-8-21-10)16(28)22-11(3-4-30-2)15(27)20-7-13(25)26/h6,8-9,11-12,14,24H,3-5,7,18H2,1-2H3,(H,19,21)(H,20,27)(H,22,28)(H,23,29)(H,25,26). The monoisotopic (exact) mass is 444 g/mol. The van der Waals surface area contributed by atoms with Crippen molar-refractivity contribution in [2.24, 2.45) is 5.73 Å². The average Bonchev–Trinajstić information content (AvgIpc) is 3.20. The zero-order chi connectivity index (χ0) is 22.7. The molecule has 8 N–H and O–H groups in total. The molecule has 4 unspecified atom stereocenters. The first-order valence-electron chi connectivity index (χ1n) is 9.15. The molecule has 0 fully saturated rings. The molecule has 1 heterocycles. The van der Waals surface area contributed by atoms with Gasteiger partial charge in [0.15, 0.2) is 0 Å². The summed E-state index contributed by atoms with van der Waals surface area (Å²) in [5, 5.41) is 25.5. The Labute approximate surface area is 177 Å². The van der Waals surface area contributed by atoms with E-state index in [0.29, 0.717) is 11.4 Å². The Morgan fingerprint density at radius 3 is 2.40 bits per heavy atom. The van der Waals surface area contributed by atoms with Crippen molar-refractivity contribution < 1.29 is 29.4 Å². The Bertz CT molecular complexity index is 714. The van der Waals surface area contributed by atoms with E-state index in [0.717, 1.165) is 0 Å². The fourth-order valence-corrected chi connectivity index (χ4v) is 2.85. The molecule has 0 aliphatic heterocycles. The second kappa shape index (κ2) is 12.8. The van der Waals surface area contributed by atoms with Gasteiger partial charge in [-0.05, 0) is 25.4 Å². The molecule has 3 amide bonds. The average molecular weight is 445 g/mol. The molecule has 4 atom stereocenters. The minimum atomic E-state index is -1.24. The lowest BCUT2D eigenvalue weighted by atomic mass is 10.1. The van der Waals surface area contributed by atoms with Crippen LogP contribution in [0, 0.1) is 0 Å². The number of amides is 3. The molecule has 168 valence electrons. The third-order valence-corrected chi connectivity index (χ3v) is 4.74. The smallest absolute Gasteiger partial charge is 0.322 e. The van der Waals surface area contributed by atoms with Crippen LogP contribution in [0.25, 0.3) is 0 Å². The van der Waals surface area contributed by atoms with Crippen molar-refractivity contribution in [3.63, 3.8) is 0 Å². The van der Waals surface area contributed by atoms with E-state index in [1.165, 1.54) is 31.2 Å². The zero-order valence-electron chi connectivity index (χ0n) is 16.8. The Kier molecular flexibility index (Phi) is 10.9. The van der Waals surface area contributed by atoms with Crippen LogP contribution in [0.3, 0.4) is 0 Å². The maximum Gasteiger partial charge on any atom is 0.322 e. The third kappa shape index (κ3) is 8.80. The number of nitrogens with two attached hydrogens (primary N) is 1. The number of aromatic nitrogens is 2. The van der Waals surface area contributed by atoms with Gasteiger partial charge in [-0.15, -0.1) is 0 Å². The minimum absolute atomic E-state index is 0.0378. The number of aromatic amines is 1. The summed E-state index contributed by atoms with van der Waals surface area (Å²) in [4.78, 5) is 54.8. The van der Waals surface area contributed by atoms with Gasteiger partial charge in [0.05, 0.1) is 12.4 Å². The van der Waals surface area contributed by atoms with Crippen LogP contribution in [-0.2, 0) is 25.6 Å². The Balaban J connectivity index is 2.93. The first kappa shape index (κ1) is 25.4. The number of carboxylic acid groups (broad SMARTS) is 1. The van der Waals surface area contributed by atoms with Gasteiger partial charge >= 0.3 is 5.97 Å². The highest BCUT2D eigenvalue weighted by Gasteiger charge is 2.29. The number of aliphatic hydroxyl groups excluding tert-OH is 1. The number of imidazole rings is 1. The van der Waals surface area contributed by atoms with E-state index < -0.39 is 54.5 Å². The third-order valence-electron chi connectivity index (χ3n) is 4.09. The second-order valence-electron chi connectivity index (χ2n) is 6.56. The van der Waals surface area contributed by atoms with Crippen LogP contribution in [0.15, 0.2) is 12.5 Å². The molecule has 0 saturated carbocycles. The number of carbonyl (C=O) groups is 4. The summed E-state index contributed by atoms with van der Waals surface area (Å²) in [6.45, 7) is 0.765. The van der Waals surface area contributed by atoms with Crippen LogP contribution >= 0.6 is 11.8 Å².